The van der Waals surface area contributed by atoms with Crippen LogP contribution in [0.5, 0.6) is 0 Å². The quantitative estimate of drug-likeness (QED) is 0.611. The predicted octanol–water partition coefficient (Wildman–Crippen LogP) is 4.30. The molecule has 0 aromatic heterocycles. The Labute approximate surface area is 181 Å². The van der Waals surface area contributed by atoms with Gasteiger partial charge in [-0.2, -0.15) is 5.26 Å². The Hall–Kier alpha value is -3.91. The zero-order valence-corrected chi connectivity index (χ0v) is 17.1. The highest BCUT2D eigenvalue weighted by molar-refractivity contribution is 6.01. The second-order valence-electron chi connectivity index (χ2n) is 7.81. The first-order valence-corrected chi connectivity index (χ1v) is 10.4. The van der Waals surface area contributed by atoms with Gasteiger partial charge in [0.15, 0.2) is 0 Å². The molecule has 1 aliphatic rings. The van der Waals surface area contributed by atoms with Gasteiger partial charge in [0.1, 0.15) is 0 Å². The van der Waals surface area contributed by atoms with Crippen molar-refractivity contribution in [2.24, 2.45) is 5.92 Å². The molecule has 31 heavy (non-hydrogen) atoms. The first kappa shape index (κ1) is 20.4. The van der Waals surface area contributed by atoms with Gasteiger partial charge < -0.3 is 10.6 Å². The lowest BCUT2D eigenvalue weighted by Gasteiger charge is -2.11. The summed E-state index contributed by atoms with van der Waals surface area (Å²) >= 11 is 0. The average molecular weight is 409 g/mol. The number of carbonyl (C=O) groups excluding carboxylic acids is 2. The number of amides is 2. The Morgan fingerprint density at radius 1 is 0.839 bits per heavy atom. The Kier molecular flexibility index (Phi) is 6.09. The van der Waals surface area contributed by atoms with Crippen LogP contribution in [0.4, 0.5) is 0 Å². The molecular weight excluding hydrogens is 386 g/mol. The van der Waals surface area contributed by atoms with Gasteiger partial charge in [0, 0.05) is 24.2 Å². The maximum absolute atomic E-state index is 12.9. The van der Waals surface area contributed by atoms with Crippen molar-refractivity contribution in [1.82, 2.24) is 10.6 Å². The van der Waals surface area contributed by atoms with E-state index in [1.54, 1.807) is 24.3 Å². The minimum Gasteiger partial charge on any atom is -0.352 e. The summed E-state index contributed by atoms with van der Waals surface area (Å²) in [6, 6.07) is 24.1. The van der Waals surface area contributed by atoms with Crippen molar-refractivity contribution in [2.45, 2.75) is 19.4 Å². The van der Waals surface area contributed by atoms with Crippen LogP contribution in [0.3, 0.4) is 0 Å². The molecule has 0 heterocycles. The predicted molar refractivity (Wildman–Crippen MR) is 119 cm³/mol. The number of nitrogens with zero attached hydrogens (tertiary/aromatic N) is 1. The summed E-state index contributed by atoms with van der Waals surface area (Å²) in [5.74, 6) is 0.167. The maximum atomic E-state index is 12.9. The monoisotopic (exact) mass is 409 g/mol. The Balaban J connectivity index is 1.55. The number of rotatable bonds is 7. The first-order chi connectivity index (χ1) is 15.1. The molecule has 5 heteroatoms. The van der Waals surface area contributed by atoms with Gasteiger partial charge in [-0.05, 0) is 65.8 Å². The van der Waals surface area contributed by atoms with Gasteiger partial charge in [-0.3, -0.25) is 9.59 Å². The zero-order chi connectivity index (χ0) is 21.6. The fourth-order valence-electron chi connectivity index (χ4n) is 3.33. The van der Waals surface area contributed by atoms with Crippen molar-refractivity contribution >= 4 is 11.8 Å². The standard InChI is InChI=1S/C26H23N3O2/c27-15-18-6-8-19(9-7-18)16-28-25(30)23-12-22(21-4-2-1-3-5-21)13-24(14-23)26(31)29-17-20-10-11-20/h1-9,12-14,20H,10-11,16-17H2,(H,28,30)(H,29,31). The van der Waals surface area contributed by atoms with Gasteiger partial charge in [0.2, 0.25) is 0 Å². The Morgan fingerprint density at radius 2 is 1.48 bits per heavy atom. The largest absolute Gasteiger partial charge is 0.352 e. The molecule has 154 valence electrons. The number of nitrogens with one attached hydrogen (secondary N) is 2. The molecule has 0 saturated heterocycles. The van der Waals surface area contributed by atoms with E-state index >= 15 is 0 Å². The van der Waals surface area contributed by atoms with Crippen LogP contribution in [0.25, 0.3) is 11.1 Å². The lowest BCUT2D eigenvalue weighted by Crippen LogP contribution is -2.27. The van der Waals surface area contributed by atoms with E-state index in [1.165, 1.54) is 0 Å². The number of hydrogen-bond donors (Lipinski definition) is 2. The van der Waals surface area contributed by atoms with E-state index in [0.717, 1.165) is 29.5 Å². The third-order valence-electron chi connectivity index (χ3n) is 5.35. The van der Waals surface area contributed by atoms with Crippen LogP contribution in [-0.4, -0.2) is 18.4 Å². The van der Waals surface area contributed by atoms with Crippen LogP contribution >= 0.6 is 0 Å². The summed E-state index contributed by atoms with van der Waals surface area (Å²) in [5.41, 5.74) is 4.15. The topological polar surface area (TPSA) is 82.0 Å². The third-order valence-corrected chi connectivity index (χ3v) is 5.35. The molecule has 5 nitrogen and oxygen atoms in total. The van der Waals surface area contributed by atoms with Gasteiger partial charge in [-0.15, -0.1) is 0 Å². The van der Waals surface area contributed by atoms with E-state index in [9.17, 15) is 9.59 Å². The maximum Gasteiger partial charge on any atom is 0.251 e. The van der Waals surface area contributed by atoms with E-state index in [0.29, 0.717) is 35.7 Å². The summed E-state index contributed by atoms with van der Waals surface area (Å²) < 4.78 is 0. The molecule has 4 rings (SSSR count). The molecule has 0 spiro atoms. The minimum atomic E-state index is -0.251. The highest BCUT2D eigenvalue weighted by atomic mass is 16.2. The third kappa shape index (κ3) is 5.37. The lowest BCUT2D eigenvalue weighted by atomic mass is 9.99. The summed E-state index contributed by atoms with van der Waals surface area (Å²) in [7, 11) is 0. The minimum absolute atomic E-state index is 0.161. The molecule has 2 N–H and O–H groups in total. The SMILES string of the molecule is N#Cc1ccc(CNC(=O)c2cc(C(=O)NCC3CC3)cc(-c3ccccc3)c2)cc1. The van der Waals surface area contributed by atoms with E-state index in [2.05, 4.69) is 16.7 Å². The van der Waals surface area contributed by atoms with Crippen molar-refractivity contribution in [3.8, 4) is 17.2 Å². The number of benzene rings is 3. The van der Waals surface area contributed by atoms with Gasteiger partial charge in [-0.25, -0.2) is 0 Å². The molecule has 3 aromatic rings. The van der Waals surface area contributed by atoms with Crippen LogP contribution < -0.4 is 10.6 Å². The highest BCUT2D eigenvalue weighted by Crippen LogP contribution is 2.28. The van der Waals surface area contributed by atoms with Gasteiger partial charge >= 0.3 is 0 Å². The van der Waals surface area contributed by atoms with E-state index in [-0.39, 0.29) is 11.8 Å². The zero-order valence-electron chi connectivity index (χ0n) is 17.1. The van der Waals surface area contributed by atoms with Crippen LogP contribution in [0.1, 0.15) is 44.7 Å². The lowest BCUT2D eigenvalue weighted by molar-refractivity contribution is 0.0950. The van der Waals surface area contributed by atoms with Crippen LogP contribution in [0.2, 0.25) is 0 Å². The average Bonchev–Trinajstić information content (AvgIpc) is 3.66. The second-order valence-corrected chi connectivity index (χ2v) is 7.81. The fraction of sp³-hybridized carbons (Fsp3) is 0.192. The first-order valence-electron chi connectivity index (χ1n) is 10.4. The molecule has 2 amide bonds. The van der Waals surface area contributed by atoms with Crippen molar-refractivity contribution in [3.63, 3.8) is 0 Å². The Morgan fingerprint density at radius 3 is 2.10 bits per heavy atom. The molecule has 1 fully saturated rings. The van der Waals surface area contributed by atoms with Gasteiger partial charge in [0.25, 0.3) is 11.8 Å². The normalized spacial score (nSPS) is 12.6. The molecule has 0 bridgehead atoms. The molecule has 0 aliphatic heterocycles. The fourth-order valence-corrected chi connectivity index (χ4v) is 3.33. The van der Waals surface area contributed by atoms with E-state index < -0.39 is 0 Å². The molecule has 0 unspecified atom stereocenters. The van der Waals surface area contributed by atoms with Crippen molar-refractivity contribution < 1.29 is 9.59 Å². The van der Waals surface area contributed by atoms with E-state index in [4.69, 9.17) is 5.26 Å². The Bertz CT molecular complexity index is 1130. The van der Waals surface area contributed by atoms with Crippen LogP contribution in [-0.2, 0) is 6.54 Å². The molecule has 1 aliphatic carbocycles. The second kappa shape index (κ2) is 9.27. The molecule has 3 aromatic carbocycles. The number of hydrogen-bond acceptors (Lipinski definition) is 3. The molecule has 1 saturated carbocycles. The molecule has 0 radical (unpaired) electrons. The summed E-state index contributed by atoms with van der Waals surface area (Å²) in [4.78, 5) is 25.6. The van der Waals surface area contributed by atoms with Crippen LogP contribution in [0, 0.1) is 17.2 Å². The smallest absolute Gasteiger partial charge is 0.251 e. The number of nitriles is 1. The van der Waals surface area contributed by atoms with E-state index in [1.807, 2.05) is 48.5 Å². The molecular formula is C26H23N3O2. The van der Waals surface area contributed by atoms with Crippen molar-refractivity contribution in [2.75, 3.05) is 6.54 Å². The molecule has 0 atom stereocenters. The van der Waals surface area contributed by atoms with Crippen LogP contribution in [0.15, 0.2) is 72.8 Å². The highest BCUT2D eigenvalue weighted by Gasteiger charge is 2.22. The number of carbonyl (C=O) groups is 2. The van der Waals surface area contributed by atoms with Crippen molar-refractivity contribution in [3.05, 3.63) is 95.1 Å². The van der Waals surface area contributed by atoms with Crippen molar-refractivity contribution in [1.29, 1.82) is 5.26 Å². The summed E-state index contributed by atoms with van der Waals surface area (Å²) in [6.07, 6.45) is 2.32. The van der Waals surface area contributed by atoms with Gasteiger partial charge in [0.05, 0.1) is 11.6 Å². The summed E-state index contributed by atoms with van der Waals surface area (Å²) in [5, 5.41) is 14.8. The van der Waals surface area contributed by atoms with Gasteiger partial charge in [-0.1, -0.05) is 42.5 Å². The summed E-state index contributed by atoms with van der Waals surface area (Å²) in [6.45, 7) is 1.01.